The zero-order valence-corrected chi connectivity index (χ0v) is 21.3. The zero-order chi connectivity index (χ0) is 25.0. The third-order valence-electron chi connectivity index (χ3n) is 6.72. The second-order valence-electron chi connectivity index (χ2n) is 10.8. The van der Waals surface area contributed by atoms with Gasteiger partial charge in [-0.25, -0.2) is 14.8 Å². The van der Waals surface area contributed by atoms with Gasteiger partial charge in [0.25, 0.3) is 0 Å². The van der Waals surface area contributed by atoms with Gasteiger partial charge in [0.1, 0.15) is 11.9 Å². The molecule has 186 valence electrons. The van der Waals surface area contributed by atoms with Gasteiger partial charge in [-0.1, -0.05) is 45.0 Å². The van der Waals surface area contributed by atoms with Gasteiger partial charge in [0.15, 0.2) is 0 Å². The van der Waals surface area contributed by atoms with Crippen molar-refractivity contribution in [1.82, 2.24) is 19.8 Å². The molecule has 1 saturated heterocycles. The number of nitrogens with zero attached hydrogens (tertiary/aromatic N) is 6. The number of carbonyl (C=O) groups is 1. The molecule has 8 nitrogen and oxygen atoms in total. The molecule has 2 aromatic rings. The number of rotatable bonds is 7. The van der Waals surface area contributed by atoms with E-state index >= 15 is 0 Å². The number of hydrogen-bond donors (Lipinski definition) is 0. The van der Waals surface area contributed by atoms with Crippen LogP contribution >= 0.6 is 0 Å². The Bertz CT molecular complexity index is 1060. The normalized spacial score (nSPS) is 17.4. The van der Waals surface area contributed by atoms with Gasteiger partial charge in [0.2, 0.25) is 5.82 Å². The topological polar surface area (TPSA) is 85.6 Å². The molecule has 3 heterocycles. The van der Waals surface area contributed by atoms with E-state index in [9.17, 15) is 10.1 Å². The summed E-state index contributed by atoms with van der Waals surface area (Å²) in [5, 5.41) is 9.24. The van der Waals surface area contributed by atoms with Crippen LogP contribution in [0, 0.1) is 16.7 Å². The number of fused-ring (bicyclic) bond motifs is 1. The highest BCUT2D eigenvalue weighted by molar-refractivity contribution is 5.93. The molecule has 0 unspecified atom stereocenters. The van der Waals surface area contributed by atoms with Crippen LogP contribution in [-0.2, 0) is 17.8 Å². The molecule has 2 aliphatic rings. The quantitative estimate of drug-likeness (QED) is 0.596. The lowest BCUT2D eigenvalue weighted by atomic mass is 9.89. The Labute approximate surface area is 208 Å². The zero-order valence-electron chi connectivity index (χ0n) is 21.3. The van der Waals surface area contributed by atoms with Crippen molar-refractivity contribution in [1.29, 1.82) is 5.26 Å². The van der Waals surface area contributed by atoms with Gasteiger partial charge in [0.05, 0.1) is 13.2 Å². The number of ether oxygens (including phenoxy) is 1. The first kappa shape index (κ1) is 25.1. The van der Waals surface area contributed by atoms with E-state index in [0.29, 0.717) is 31.4 Å². The fraction of sp³-hybridized carbons (Fsp3) is 0.556. The van der Waals surface area contributed by atoms with Gasteiger partial charge in [-0.15, -0.1) is 0 Å². The summed E-state index contributed by atoms with van der Waals surface area (Å²) in [5.41, 5.74) is 3.23. The van der Waals surface area contributed by atoms with Crippen LogP contribution in [0.15, 0.2) is 30.5 Å². The van der Waals surface area contributed by atoms with Crippen molar-refractivity contribution in [2.75, 3.05) is 44.8 Å². The molecule has 0 radical (unpaired) electrons. The second-order valence-corrected chi connectivity index (χ2v) is 10.8. The Hall–Kier alpha value is -3.02. The third kappa shape index (κ3) is 6.16. The molecule has 1 aromatic carbocycles. The summed E-state index contributed by atoms with van der Waals surface area (Å²) >= 11 is 0. The first-order valence-electron chi connectivity index (χ1n) is 12.4. The van der Waals surface area contributed by atoms with Gasteiger partial charge in [-0.3, -0.25) is 4.90 Å². The molecule has 1 fully saturated rings. The van der Waals surface area contributed by atoms with Crippen molar-refractivity contribution in [3.63, 3.8) is 0 Å². The summed E-state index contributed by atoms with van der Waals surface area (Å²) < 4.78 is 5.21. The average Bonchev–Trinajstić information content (AvgIpc) is 2.85. The highest BCUT2D eigenvalue weighted by Gasteiger charge is 2.34. The lowest BCUT2D eigenvalue weighted by molar-refractivity contribution is 0.130. The first-order chi connectivity index (χ1) is 16.8. The van der Waals surface area contributed by atoms with Gasteiger partial charge in [-0.05, 0) is 48.4 Å². The molecule has 0 aliphatic carbocycles. The van der Waals surface area contributed by atoms with Crippen LogP contribution in [0.2, 0.25) is 0 Å². The lowest BCUT2D eigenvalue weighted by Crippen LogP contribution is -2.50. The maximum atomic E-state index is 13.5. The summed E-state index contributed by atoms with van der Waals surface area (Å²) in [6, 6.07) is 10.7. The smallest absolute Gasteiger partial charge is 0.326 e. The SMILES string of the molecule is COCCN1CCC(c2ccc(CN3Cc4cnc(C#N)nc4N(CC(C)(C)C)C3=O)cc2)CC1. The van der Waals surface area contributed by atoms with Gasteiger partial charge in [-0.2, -0.15) is 5.26 Å². The van der Waals surface area contributed by atoms with Crippen molar-refractivity contribution >= 4 is 11.8 Å². The van der Waals surface area contributed by atoms with Crippen LogP contribution in [-0.4, -0.2) is 65.7 Å². The van der Waals surface area contributed by atoms with Gasteiger partial charge < -0.3 is 14.5 Å². The van der Waals surface area contributed by atoms with Crippen LogP contribution in [0.25, 0.3) is 0 Å². The van der Waals surface area contributed by atoms with E-state index in [4.69, 9.17) is 4.74 Å². The van der Waals surface area contributed by atoms with Crippen molar-refractivity contribution < 1.29 is 9.53 Å². The lowest BCUT2D eigenvalue weighted by Gasteiger charge is -2.38. The monoisotopic (exact) mass is 476 g/mol. The predicted octanol–water partition coefficient (Wildman–Crippen LogP) is 4.16. The number of hydrogen-bond acceptors (Lipinski definition) is 6. The molecule has 35 heavy (non-hydrogen) atoms. The minimum Gasteiger partial charge on any atom is -0.383 e. The van der Waals surface area contributed by atoms with Crippen molar-refractivity contribution in [2.24, 2.45) is 5.41 Å². The molecule has 0 N–H and O–H groups in total. The van der Waals surface area contributed by atoms with E-state index in [1.165, 1.54) is 5.56 Å². The van der Waals surface area contributed by atoms with Crippen LogP contribution < -0.4 is 4.90 Å². The van der Waals surface area contributed by atoms with E-state index in [1.54, 1.807) is 18.2 Å². The molecule has 8 heteroatoms. The van der Waals surface area contributed by atoms with Crippen molar-refractivity contribution in [2.45, 2.75) is 52.6 Å². The highest BCUT2D eigenvalue weighted by Crippen LogP contribution is 2.32. The average molecular weight is 477 g/mol. The number of nitriles is 1. The Kier molecular flexibility index (Phi) is 7.68. The molecule has 0 bridgehead atoms. The molecular formula is C27H36N6O2. The summed E-state index contributed by atoms with van der Waals surface area (Å²) in [7, 11) is 1.75. The summed E-state index contributed by atoms with van der Waals surface area (Å²) in [4.78, 5) is 28.0. The molecule has 0 atom stereocenters. The number of carbonyl (C=O) groups excluding carboxylic acids is 1. The number of methoxy groups -OCH3 is 1. The van der Waals surface area contributed by atoms with E-state index in [2.05, 4.69) is 59.9 Å². The molecule has 2 aliphatic heterocycles. The Morgan fingerprint density at radius 3 is 2.51 bits per heavy atom. The Morgan fingerprint density at radius 1 is 1.17 bits per heavy atom. The first-order valence-corrected chi connectivity index (χ1v) is 12.4. The minimum atomic E-state index is -0.117. The standard InChI is InChI=1S/C27H36N6O2/c1-27(2,3)19-33-25-23(16-29-24(15-28)30-25)18-32(26(33)34)17-20-5-7-21(8-6-20)22-9-11-31(12-10-22)13-14-35-4/h5-8,16,22H,9-14,17-19H2,1-4H3. The number of anilines is 1. The fourth-order valence-electron chi connectivity index (χ4n) is 4.90. The Morgan fingerprint density at radius 2 is 1.89 bits per heavy atom. The van der Waals surface area contributed by atoms with Crippen molar-refractivity contribution in [3.8, 4) is 6.07 Å². The predicted molar refractivity (Wildman–Crippen MR) is 135 cm³/mol. The fourth-order valence-corrected chi connectivity index (χ4v) is 4.90. The largest absolute Gasteiger partial charge is 0.383 e. The minimum absolute atomic E-state index is 0.0810. The number of piperidine rings is 1. The summed E-state index contributed by atoms with van der Waals surface area (Å²) in [6.45, 7) is 11.7. The van der Waals surface area contributed by atoms with Gasteiger partial charge >= 0.3 is 6.03 Å². The maximum Gasteiger partial charge on any atom is 0.326 e. The van der Waals surface area contributed by atoms with Crippen LogP contribution in [0.1, 0.15) is 62.0 Å². The summed E-state index contributed by atoms with van der Waals surface area (Å²) in [6.07, 6.45) is 4.01. The van der Waals surface area contributed by atoms with Crippen molar-refractivity contribution in [3.05, 3.63) is 53.0 Å². The molecule has 1 aromatic heterocycles. The number of likely N-dealkylation sites (tertiary alicyclic amines) is 1. The highest BCUT2D eigenvalue weighted by atomic mass is 16.5. The third-order valence-corrected chi connectivity index (χ3v) is 6.72. The van der Waals surface area contributed by atoms with Crippen LogP contribution in [0.4, 0.5) is 10.6 Å². The molecule has 0 saturated carbocycles. The van der Waals surface area contributed by atoms with Crippen LogP contribution in [0.3, 0.4) is 0 Å². The molecular weight excluding hydrogens is 440 g/mol. The molecule has 4 rings (SSSR count). The summed E-state index contributed by atoms with van der Waals surface area (Å²) in [5.74, 6) is 1.23. The number of amides is 2. The second kappa shape index (κ2) is 10.7. The van der Waals surface area contributed by atoms with Crippen LogP contribution in [0.5, 0.6) is 0 Å². The number of benzene rings is 1. The van der Waals surface area contributed by atoms with E-state index in [0.717, 1.165) is 50.2 Å². The molecule has 0 spiro atoms. The maximum absolute atomic E-state index is 13.5. The van der Waals surface area contributed by atoms with Gasteiger partial charge in [0, 0.05) is 38.5 Å². The van der Waals surface area contributed by atoms with E-state index in [1.807, 2.05) is 11.0 Å². The Balaban J connectivity index is 1.45. The number of aromatic nitrogens is 2. The molecule has 2 amide bonds. The van der Waals surface area contributed by atoms with E-state index in [-0.39, 0.29) is 17.3 Å². The number of urea groups is 1. The van der Waals surface area contributed by atoms with E-state index < -0.39 is 0 Å².